The number of carbonyl (C=O) groups excluding carboxylic acids is 1. The van der Waals surface area contributed by atoms with Crippen molar-refractivity contribution < 1.29 is 9.53 Å². The summed E-state index contributed by atoms with van der Waals surface area (Å²) >= 11 is 0. The van der Waals surface area contributed by atoms with Crippen molar-refractivity contribution in [2.45, 2.75) is 33.7 Å². The van der Waals surface area contributed by atoms with Gasteiger partial charge in [0.2, 0.25) is 5.91 Å². The average Bonchev–Trinajstić information content (AvgIpc) is 2.29. The summed E-state index contributed by atoms with van der Waals surface area (Å²) in [5, 5.41) is 6.16. The Morgan fingerprint density at radius 3 is 2.72 bits per heavy atom. The normalized spacial score (nSPS) is 12.0. The first-order valence-corrected chi connectivity index (χ1v) is 6.25. The van der Waals surface area contributed by atoms with E-state index in [2.05, 4.69) is 17.6 Å². The maximum atomic E-state index is 11.0. The van der Waals surface area contributed by atoms with E-state index in [1.54, 1.807) is 0 Å². The Balaban J connectivity index is 2.63. The molecule has 0 spiro atoms. The highest BCUT2D eigenvalue weighted by Crippen LogP contribution is 2.20. The zero-order valence-electron chi connectivity index (χ0n) is 11.5. The standard InChI is InChI=1S/C14H22N2O2/c1-5-18-9-11(3)15-13-6-7-14(10(2)8-13)16-12(4)17/h6-8,11,15H,5,9H2,1-4H3,(H,16,17). The van der Waals surface area contributed by atoms with Gasteiger partial charge in [-0.3, -0.25) is 4.79 Å². The molecule has 4 heteroatoms. The molecule has 1 aromatic carbocycles. The predicted octanol–water partition coefficient (Wildman–Crippen LogP) is 2.79. The summed E-state index contributed by atoms with van der Waals surface area (Å²) < 4.78 is 5.35. The van der Waals surface area contributed by atoms with E-state index >= 15 is 0 Å². The van der Waals surface area contributed by atoms with E-state index in [4.69, 9.17) is 4.74 Å². The van der Waals surface area contributed by atoms with Crippen molar-refractivity contribution in [2.75, 3.05) is 23.8 Å². The molecule has 0 bridgehead atoms. The molecule has 4 nitrogen and oxygen atoms in total. The molecule has 2 N–H and O–H groups in total. The minimum Gasteiger partial charge on any atom is -0.380 e. The lowest BCUT2D eigenvalue weighted by atomic mass is 10.1. The van der Waals surface area contributed by atoms with Gasteiger partial charge in [-0.05, 0) is 44.5 Å². The monoisotopic (exact) mass is 250 g/mol. The molecule has 1 rings (SSSR count). The van der Waals surface area contributed by atoms with E-state index in [1.807, 2.05) is 32.0 Å². The summed E-state index contributed by atoms with van der Waals surface area (Å²) in [4.78, 5) is 11.0. The number of aryl methyl sites for hydroxylation is 1. The number of ether oxygens (including phenoxy) is 1. The summed E-state index contributed by atoms with van der Waals surface area (Å²) in [5.41, 5.74) is 2.93. The first-order valence-electron chi connectivity index (χ1n) is 6.25. The van der Waals surface area contributed by atoms with Gasteiger partial charge in [-0.15, -0.1) is 0 Å². The van der Waals surface area contributed by atoms with Crippen LogP contribution in [0, 0.1) is 6.92 Å². The van der Waals surface area contributed by atoms with Crippen molar-refractivity contribution in [3.63, 3.8) is 0 Å². The maximum Gasteiger partial charge on any atom is 0.221 e. The molecule has 1 aromatic rings. The van der Waals surface area contributed by atoms with Crippen molar-refractivity contribution in [1.29, 1.82) is 0 Å². The number of anilines is 2. The van der Waals surface area contributed by atoms with Gasteiger partial charge >= 0.3 is 0 Å². The highest BCUT2D eigenvalue weighted by Gasteiger charge is 2.04. The molecule has 0 aliphatic heterocycles. The number of nitrogens with one attached hydrogen (secondary N) is 2. The zero-order valence-corrected chi connectivity index (χ0v) is 11.5. The van der Waals surface area contributed by atoms with E-state index < -0.39 is 0 Å². The molecule has 0 radical (unpaired) electrons. The smallest absolute Gasteiger partial charge is 0.221 e. The van der Waals surface area contributed by atoms with Crippen LogP contribution in [0.1, 0.15) is 26.3 Å². The Hall–Kier alpha value is -1.55. The molecule has 0 heterocycles. The summed E-state index contributed by atoms with van der Waals surface area (Å²) in [5.74, 6) is -0.0523. The number of hydrogen-bond acceptors (Lipinski definition) is 3. The van der Waals surface area contributed by atoms with Crippen LogP contribution in [0.3, 0.4) is 0 Å². The van der Waals surface area contributed by atoms with Gasteiger partial charge in [0.25, 0.3) is 0 Å². The molecule has 0 saturated carbocycles. The van der Waals surface area contributed by atoms with E-state index in [-0.39, 0.29) is 11.9 Å². The molecule has 0 fully saturated rings. The number of hydrogen-bond donors (Lipinski definition) is 2. The van der Waals surface area contributed by atoms with Gasteiger partial charge in [0.1, 0.15) is 0 Å². The highest BCUT2D eigenvalue weighted by molar-refractivity contribution is 5.89. The first-order chi connectivity index (χ1) is 8.52. The SMILES string of the molecule is CCOCC(C)Nc1ccc(NC(C)=O)c(C)c1. The van der Waals surface area contributed by atoms with Gasteiger partial charge in [-0.2, -0.15) is 0 Å². The lowest BCUT2D eigenvalue weighted by Crippen LogP contribution is -2.21. The van der Waals surface area contributed by atoms with Gasteiger partial charge in [0.15, 0.2) is 0 Å². The van der Waals surface area contributed by atoms with Gasteiger partial charge < -0.3 is 15.4 Å². The van der Waals surface area contributed by atoms with Crippen LogP contribution >= 0.6 is 0 Å². The van der Waals surface area contributed by atoms with E-state index in [1.165, 1.54) is 6.92 Å². The van der Waals surface area contributed by atoms with Crippen LogP contribution in [0.25, 0.3) is 0 Å². The Morgan fingerprint density at radius 2 is 2.17 bits per heavy atom. The third-order valence-electron chi connectivity index (χ3n) is 2.52. The molecule has 1 unspecified atom stereocenters. The van der Waals surface area contributed by atoms with E-state index in [0.717, 1.165) is 23.5 Å². The van der Waals surface area contributed by atoms with Crippen molar-refractivity contribution in [2.24, 2.45) is 0 Å². The van der Waals surface area contributed by atoms with Crippen LogP contribution in [0.5, 0.6) is 0 Å². The van der Waals surface area contributed by atoms with Crippen LogP contribution in [0.4, 0.5) is 11.4 Å². The van der Waals surface area contributed by atoms with Crippen LogP contribution in [-0.2, 0) is 9.53 Å². The lowest BCUT2D eigenvalue weighted by molar-refractivity contribution is -0.114. The van der Waals surface area contributed by atoms with Gasteiger partial charge in [-0.1, -0.05) is 0 Å². The fourth-order valence-electron chi connectivity index (χ4n) is 1.70. The van der Waals surface area contributed by atoms with Crippen LogP contribution in [-0.4, -0.2) is 25.2 Å². The summed E-state index contributed by atoms with van der Waals surface area (Å²) in [6.45, 7) is 8.96. The minimum absolute atomic E-state index is 0.0523. The van der Waals surface area contributed by atoms with Gasteiger partial charge in [0, 0.05) is 30.9 Å². The van der Waals surface area contributed by atoms with Crippen molar-refractivity contribution >= 4 is 17.3 Å². The summed E-state index contributed by atoms with van der Waals surface area (Å²) in [6.07, 6.45) is 0. The first kappa shape index (κ1) is 14.5. The number of carbonyl (C=O) groups is 1. The number of rotatable bonds is 6. The molecule has 18 heavy (non-hydrogen) atoms. The molecular formula is C14H22N2O2. The maximum absolute atomic E-state index is 11.0. The predicted molar refractivity (Wildman–Crippen MR) is 75.1 cm³/mol. The Kier molecular flexibility index (Phi) is 5.65. The third kappa shape index (κ3) is 4.75. The third-order valence-corrected chi connectivity index (χ3v) is 2.52. The topological polar surface area (TPSA) is 50.4 Å². The van der Waals surface area contributed by atoms with Crippen LogP contribution in [0.2, 0.25) is 0 Å². The summed E-state index contributed by atoms with van der Waals surface area (Å²) in [6, 6.07) is 6.15. The molecule has 1 atom stereocenters. The Labute approximate surface area is 109 Å². The molecule has 0 aliphatic carbocycles. The summed E-state index contributed by atoms with van der Waals surface area (Å²) in [7, 11) is 0. The second-order valence-corrected chi connectivity index (χ2v) is 4.42. The minimum atomic E-state index is -0.0523. The largest absolute Gasteiger partial charge is 0.380 e. The van der Waals surface area contributed by atoms with Crippen molar-refractivity contribution in [3.8, 4) is 0 Å². The van der Waals surface area contributed by atoms with Crippen molar-refractivity contribution in [1.82, 2.24) is 0 Å². The number of amides is 1. The molecular weight excluding hydrogens is 228 g/mol. The lowest BCUT2D eigenvalue weighted by Gasteiger charge is -2.16. The van der Waals surface area contributed by atoms with Crippen molar-refractivity contribution in [3.05, 3.63) is 23.8 Å². The van der Waals surface area contributed by atoms with Gasteiger partial charge in [-0.25, -0.2) is 0 Å². The second-order valence-electron chi connectivity index (χ2n) is 4.42. The zero-order chi connectivity index (χ0) is 13.5. The Morgan fingerprint density at radius 1 is 1.44 bits per heavy atom. The Bertz CT molecular complexity index is 405. The van der Waals surface area contributed by atoms with Crippen LogP contribution < -0.4 is 10.6 Å². The molecule has 1 amide bonds. The molecule has 100 valence electrons. The molecule has 0 aromatic heterocycles. The van der Waals surface area contributed by atoms with E-state index in [0.29, 0.717) is 6.61 Å². The van der Waals surface area contributed by atoms with Crippen LogP contribution in [0.15, 0.2) is 18.2 Å². The fourth-order valence-corrected chi connectivity index (χ4v) is 1.70. The average molecular weight is 250 g/mol. The molecule has 0 saturated heterocycles. The molecule has 0 aliphatic rings. The fraction of sp³-hybridized carbons (Fsp3) is 0.500. The highest BCUT2D eigenvalue weighted by atomic mass is 16.5. The second kappa shape index (κ2) is 7.01. The van der Waals surface area contributed by atoms with Gasteiger partial charge in [0.05, 0.1) is 6.61 Å². The number of benzene rings is 1. The quantitative estimate of drug-likeness (QED) is 0.816. The van der Waals surface area contributed by atoms with E-state index in [9.17, 15) is 4.79 Å².